The predicted molar refractivity (Wildman–Crippen MR) is 66.3 cm³/mol. The molecule has 0 aliphatic rings. The first kappa shape index (κ1) is 11.6. The van der Waals surface area contributed by atoms with E-state index >= 15 is 0 Å². The molecule has 90 valence electrons. The van der Waals surface area contributed by atoms with E-state index in [1.807, 2.05) is 6.07 Å². The second kappa shape index (κ2) is 4.99. The van der Waals surface area contributed by atoms with Crippen molar-refractivity contribution in [1.29, 1.82) is 0 Å². The highest BCUT2D eigenvalue weighted by molar-refractivity contribution is 5.47. The average molecular weight is 233 g/mol. The number of hydrogen-bond donors (Lipinski definition) is 1. The molecule has 0 amide bonds. The topological polar surface area (TPSA) is 31.9 Å². The average Bonchev–Trinajstić information content (AvgIpc) is 2.78. The Morgan fingerprint density at radius 2 is 2.24 bits per heavy atom. The molecule has 0 fully saturated rings. The lowest BCUT2D eigenvalue weighted by molar-refractivity contribution is 0.620. The molecule has 0 bridgehead atoms. The van der Waals surface area contributed by atoms with E-state index in [4.69, 9.17) is 0 Å². The van der Waals surface area contributed by atoms with Crippen LogP contribution in [0.5, 0.6) is 0 Å². The van der Waals surface area contributed by atoms with Crippen molar-refractivity contribution in [3.63, 3.8) is 0 Å². The molecule has 0 atom stereocenters. The van der Waals surface area contributed by atoms with E-state index in [0.717, 1.165) is 11.5 Å². The van der Waals surface area contributed by atoms with Gasteiger partial charge >= 0.3 is 0 Å². The fraction of sp³-hybridized carbons (Fsp3) is 0.308. The van der Waals surface area contributed by atoms with Gasteiger partial charge in [0.25, 0.3) is 0 Å². The summed E-state index contributed by atoms with van der Waals surface area (Å²) in [5.74, 6) is 0.663. The van der Waals surface area contributed by atoms with E-state index in [2.05, 4.69) is 28.7 Å². The van der Waals surface area contributed by atoms with Crippen LogP contribution in [0, 0.1) is 5.82 Å². The highest BCUT2D eigenvalue weighted by Crippen LogP contribution is 2.19. The van der Waals surface area contributed by atoms with Crippen LogP contribution in [0.2, 0.25) is 0 Å². The van der Waals surface area contributed by atoms with Crippen molar-refractivity contribution < 1.29 is 4.39 Å². The van der Waals surface area contributed by atoms with Crippen LogP contribution in [0.1, 0.15) is 19.7 Å². The molecule has 0 aliphatic carbocycles. The van der Waals surface area contributed by atoms with E-state index in [9.17, 15) is 4.39 Å². The third-order valence-corrected chi connectivity index (χ3v) is 2.64. The Kier molecular flexibility index (Phi) is 3.42. The van der Waals surface area contributed by atoms with Gasteiger partial charge in [0.15, 0.2) is 0 Å². The SMILES string of the molecule is CC(C)N(Cc1ncc[nH]1)c1cccc(F)c1. The number of benzene rings is 1. The number of H-pyrrole nitrogens is 1. The van der Waals surface area contributed by atoms with Gasteiger partial charge in [-0.1, -0.05) is 6.07 Å². The number of nitrogens with zero attached hydrogens (tertiary/aromatic N) is 2. The summed E-state index contributed by atoms with van der Waals surface area (Å²) >= 11 is 0. The van der Waals surface area contributed by atoms with Crippen LogP contribution in [-0.4, -0.2) is 16.0 Å². The van der Waals surface area contributed by atoms with Gasteiger partial charge in [0.2, 0.25) is 0 Å². The number of aromatic nitrogens is 2. The zero-order valence-electron chi connectivity index (χ0n) is 10.0. The molecule has 1 aromatic heterocycles. The maximum absolute atomic E-state index is 13.2. The Labute approximate surface area is 100 Å². The van der Waals surface area contributed by atoms with E-state index in [1.165, 1.54) is 6.07 Å². The van der Waals surface area contributed by atoms with E-state index < -0.39 is 0 Å². The molecule has 17 heavy (non-hydrogen) atoms. The summed E-state index contributed by atoms with van der Waals surface area (Å²) in [6.45, 7) is 4.80. The summed E-state index contributed by atoms with van der Waals surface area (Å²) in [5.41, 5.74) is 0.872. The van der Waals surface area contributed by atoms with Gasteiger partial charge in [-0.05, 0) is 32.0 Å². The molecular weight excluding hydrogens is 217 g/mol. The number of anilines is 1. The minimum absolute atomic E-state index is 0.215. The highest BCUT2D eigenvalue weighted by atomic mass is 19.1. The van der Waals surface area contributed by atoms with Gasteiger partial charge in [-0.15, -0.1) is 0 Å². The fourth-order valence-electron chi connectivity index (χ4n) is 1.77. The monoisotopic (exact) mass is 233 g/mol. The summed E-state index contributed by atoms with van der Waals surface area (Å²) in [6, 6.07) is 6.91. The molecular formula is C13H16FN3. The minimum atomic E-state index is -0.215. The first-order valence-electron chi connectivity index (χ1n) is 5.67. The van der Waals surface area contributed by atoms with Gasteiger partial charge in [0.05, 0.1) is 6.54 Å². The third kappa shape index (κ3) is 2.84. The summed E-state index contributed by atoms with van der Waals surface area (Å²) in [7, 11) is 0. The summed E-state index contributed by atoms with van der Waals surface area (Å²) in [5, 5.41) is 0. The van der Waals surface area contributed by atoms with Gasteiger partial charge in [0.1, 0.15) is 11.6 Å². The molecule has 3 nitrogen and oxygen atoms in total. The Hall–Kier alpha value is -1.84. The van der Waals surface area contributed by atoms with Crippen LogP contribution in [0.4, 0.5) is 10.1 Å². The largest absolute Gasteiger partial charge is 0.362 e. The first-order chi connectivity index (χ1) is 8.16. The summed E-state index contributed by atoms with van der Waals surface area (Å²) < 4.78 is 13.2. The van der Waals surface area contributed by atoms with E-state index in [1.54, 1.807) is 24.5 Å². The summed E-state index contributed by atoms with van der Waals surface area (Å²) in [4.78, 5) is 9.35. The van der Waals surface area contributed by atoms with Gasteiger partial charge < -0.3 is 9.88 Å². The van der Waals surface area contributed by atoms with Gasteiger partial charge in [-0.2, -0.15) is 0 Å². The zero-order chi connectivity index (χ0) is 12.3. The van der Waals surface area contributed by atoms with Crippen molar-refractivity contribution in [2.24, 2.45) is 0 Å². The zero-order valence-corrected chi connectivity index (χ0v) is 10.0. The maximum atomic E-state index is 13.2. The molecule has 2 rings (SSSR count). The second-order valence-corrected chi connectivity index (χ2v) is 4.24. The Bertz CT molecular complexity index is 465. The third-order valence-electron chi connectivity index (χ3n) is 2.64. The molecule has 0 spiro atoms. The first-order valence-corrected chi connectivity index (χ1v) is 5.67. The van der Waals surface area contributed by atoms with Gasteiger partial charge in [-0.3, -0.25) is 0 Å². The molecule has 4 heteroatoms. The minimum Gasteiger partial charge on any atom is -0.362 e. The predicted octanol–water partition coefficient (Wildman–Crippen LogP) is 2.96. The number of rotatable bonds is 4. The standard InChI is InChI=1S/C13H16FN3/c1-10(2)17(9-13-15-6-7-16-13)12-5-3-4-11(14)8-12/h3-8,10H,9H2,1-2H3,(H,15,16). The maximum Gasteiger partial charge on any atom is 0.125 e. The van der Waals surface area contributed by atoms with Crippen LogP contribution < -0.4 is 4.90 Å². The van der Waals surface area contributed by atoms with Gasteiger partial charge in [0, 0.05) is 24.1 Å². The molecule has 0 radical (unpaired) electrons. The van der Waals surface area contributed by atoms with E-state index in [0.29, 0.717) is 6.54 Å². The van der Waals surface area contributed by atoms with Crippen molar-refractivity contribution >= 4 is 5.69 Å². The van der Waals surface area contributed by atoms with Crippen molar-refractivity contribution in [2.75, 3.05) is 4.90 Å². The van der Waals surface area contributed by atoms with Crippen LogP contribution in [0.25, 0.3) is 0 Å². The normalized spacial score (nSPS) is 10.8. The molecule has 0 aliphatic heterocycles. The smallest absolute Gasteiger partial charge is 0.125 e. The van der Waals surface area contributed by atoms with Crippen molar-refractivity contribution in [3.05, 3.63) is 48.3 Å². The summed E-state index contributed by atoms with van der Waals surface area (Å²) in [6.07, 6.45) is 3.51. The molecule has 1 aromatic carbocycles. The number of imidazole rings is 1. The molecule has 1 heterocycles. The van der Waals surface area contributed by atoms with Crippen LogP contribution >= 0.6 is 0 Å². The molecule has 0 unspecified atom stereocenters. The fourth-order valence-corrected chi connectivity index (χ4v) is 1.77. The lowest BCUT2D eigenvalue weighted by Crippen LogP contribution is -2.30. The lowest BCUT2D eigenvalue weighted by Gasteiger charge is -2.28. The van der Waals surface area contributed by atoms with Gasteiger partial charge in [-0.25, -0.2) is 9.37 Å². The lowest BCUT2D eigenvalue weighted by atomic mass is 10.2. The Morgan fingerprint density at radius 3 is 2.82 bits per heavy atom. The van der Waals surface area contributed by atoms with Crippen molar-refractivity contribution in [1.82, 2.24) is 9.97 Å². The Balaban J connectivity index is 2.23. The molecule has 1 N–H and O–H groups in total. The van der Waals surface area contributed by atoms with Crippen LogP contribution in [0.3, 0.4) is 0 Å². The number of hydrogen-bond acceptors (Lipinski definition) is 2. The number of nitrogens with one attached hydrogen (secondary N) is 1. The number of halogens is 1. The molecule has 0 saturated heterocycles. The van der Waals surface area contributed by atoms with E-state index in [-0.39, 0.29) is 11.9 Å². The molecule has 2 aromatic rings. The quantitative estimate of drug-likeness (QED) is 0.880. The second-order valence-electron chi connectivity index (χ2n) is 4.24. The Morgan fingerprint density at radius 1 is 1.41 bits per heavy atom. The van der Waals surface area contributed by atoms with Crippen molar-refractivity contribution in [2.45, 2.75) is 26.4 Å². The molecule has 0 saturated carbocycles. The number of aromatic amines is 1. The van der Waals surface area contributed by atoms with Crippen LogP contribution in [-0.2, 0) is 6.54 Å². The van der Waals surface area contributed by atoms with Crippen LogP contribution in [0.15, 0.2) is 36.7 Å². The highest BCUT2D eigenvalue weighted by Gasteiger charge is 2.12. The van der Waals surface area contributed by atoms with Crippen molar-refractivity contribution in [3.8, 4) is 0 Å².